The first-order valence-corrected chi connectivity index (χ1v) is 8.87. The van der Waals surface area contributed by atoms with Crippen LogP contribution < -0.4 is 10.6 Å². The van der Waals surface area contributed by atoms with Crippen LogP contribution in [0.1, 0.15) is 31.2 Å². The van der Waals surface area contributed by atoms with Crippen LogP contribution in [-0.2, 0) is 10.3 Å². The van der Waals surface area contributed by atoms with Gasteiger partial charge in [0.25, 0.3) is 0 Å². The molecule has 3 nitrogen and oxygen atoms in total. The van der Waals surface area contributed by atoms with E-state index in [1.54, 1.807) is 0 Å². The van der Waals surface area contributed by atoms with E-state index >= 15 is 0 Å². The van der Waals surface area contributed by atoms with Crippen LogP contribution >= 0.6 is 15.9 Å². The molecule has 2 heterocycles. The quantitative estimate of drug-likeness (QED) is 0.873. The van der Waals surface area contributed by atoms with Crippen LogP contribution in [0, 0.1) is 5.92 Å². The first-order chi connectivity index (χ1) is 10.3. The Bertz CT molecular complexity index is 437. The van der Waals surface area contributed by atoms with E-state index in [0.717, 1.165) is 43.0 Å². The zero-order valence-electron chi connectivity index (χ0n) is 12.5. The fourth-order valence-electron chi connectivity index (χ4n) is 3.48. The molecule has 2 aliphatic heterocycles. The highest BCUT2D eigenvalue weighted by Crippen LogP contribution is 2.33. The lowest BCUT2D eigenvalue weighted by Crippen LogP contribution is -2.49. The Balaban J connectivity index is 1.71. The maximum atomic E-state index is 5.60. The monoisotopic (exact) mass is 352 g/mol. The Morgan fingerprint density at radius 2 is 1.81 bits per heavy atom. The van der Waals surface area contributed by atoms with Gasteiger partial charge in [0.05, 0.1) is 0 Å². The first kappa shape index (κ1) is 15.5. The molecule has 0 bridgehead atoms. The van der Waals surface area contributed by atoms with Crippen LogP contribution in [0.2, 0.25) is 0 Å². The van der Waals surface area contributed by atoms with E-state index in [0.29, 0.717) is 0 Å². The summed E-state index contributed by atoms with van der Waals surface area (Å²) in [6, 6.07) is 8.81. The second-order valence-corrected chi connectivity index (χ2v) is 7.19. The molecular weight excluding hydrogens is 328 g/mol. The number of hydrogen-bond acceptors (Lipinski definition) is 3. The Labute approximate surface area is 136 Å². The molecular formula is C17H25BrN2O. The fourth-order valence-corrected chi connectivity index (χ4v) is 3.75. The molecule has 0 unspecified atom stereocenters. The van der Waals surface area contributed by atoms with Gasteiger partial charge in [-0.25, -0.2) is 0 Å². The summed E-state index contributed by atoms with van der Waals surface area (Å²) in [5, 5.41) is 7.36. The van der Waals surface area contributed by atoms with Gasteiger partial charge >= 0.3 is 0 Å². The highest BCUT2D eigenvalue weighted by molar-refractivity contribution is 9.10. The molecule has 3 rings (SSSR count). The number of halogens is 1. The number of piperidine rings is 1. The molecule has 2 saturated heterocycles. The fraction of sp³-hybridized carbons (Fsp3) is 0.647. The molecule has 116 valence electrons. The van der Waals surface area contributed by atoms with Crippen molar-refractivity contribution in [3.8, 4) is 0 Å². The minimum Gasteiger partial charge on any atom is -0.381 e. The van der Waals surface area contributed by atoms with Crippen molar-refractivity contribution in [2.24, 2.45) is 5.92 Å². The number of hydrogen-bond donors (Lipinski definition) is 2. The summed E-state index contributed by atoms with van der Waals surface area (Å²) in [6.45, 7) is 5.17. The summed E-state index contributed by atoms with van der Waals surface area (Å²) in [7, 11) is 0. The van der Waals surface area contributed by atoms with E-state index in [2.05, 4.69) is 50.8 Å². The van der Waals surface area contributed by atoms with Gasteiger partial charge in [-0.2, -0.15) is 0 Å². The minimum atomic E-state index is 0.101. The zero-order chi connectivity index (χ0) is 14.5. The summed E-state index contributed by atoms with van der Waals surface area (Å²) in [5.74, 6) is 0.807. The van der Waals surface area contributed by atoms with Gasteiger partial charge in [0.2, 0.25) is 0 Å². The third kappa shape index (κ3) is 3.86. The van der Waals surface area contributed by atoms with Gasteiger partial charge in [0, 0.05) is 23.2 Å². The second kappa shape index (κ2) is 7.23. The van der Waals surface area contributed by atoms with E-state index in [4.69, 9.17) is 4.74 Å². The van der Waals surface area contributed by atoms with Crippen LogP contribution in [0.5, 0.6) is 0 Å². The van der Waals surface area contributed by atoms with Gasteiger partial charge in [0.15, 0.2) is 0 Å². The molecule has 0 aromatic heterocycles. The average Bonchev–Trinajstić information content (AvgIpc) is 2.55. The second-order valence-electron chi connectivity index (χ2n) is 6.28. The summed E-state index contributed by atoms with van der Waals surface area (Å²) in [4.78, 5) is 0. The van der Waals surface area contributed by atoms with Crippen molar-refractivity contribution in [3.05, 3.63) is 34.3 Å². The summed E-state index contributed by atoms with van der Waals surface area (Å²) >= 11 is 3.54. The van der Waals surface area contributed by atoms with E-state index in [1.807, 2.05) is 0 Å². The SMILES string of the molecule is Brc1ccc(C2(NCC3CCNCC3)CCOCC2)cc1. The Morgan fingerprint density at radius 3 is 2.48 bits per heavy atom. The summed E-state index contributed by atoms with van der Waals surface area (Å²) in [6.07, 6.45) is 4.72. The van der Waals surface area contributed by atoms with Crippen molar-refractivity contribution in [2.75, 3.05) is 32.8 Å². The van der Waals surface area contributed by atoms with Crippen molar-refractivity contribution in [1.82, 2.24) is 10.6 Å². The highest BCUT2D eigenvalue weighted by atomic mass is 79.9. The Morgan fingerprint density at radius 1 is 1.14 bits per heavy atom. The maximum absolute atomic E-state index is 5.60. The normalized spacial score (nSPS) is 23.1. The van der Waals surface area contributed by atoms with Crippen LogP contribution in [0.15, 0.2) is 28.7 Å². The lowest BCUT2D eigenvalue weighted by Gasteiger charge is -2.40. The predicted octanol–water partition coefficient (Wildman–Crippen LogP) is 3.04. The van der Waals surface area contributed by atoms with Crippen LogP contribution in [0.25, 0.3) is 0 Å². The lowest BCUT2D eigenvalue weighted by atomic mass is 9.82. The molecule has 2 aliphatic rings. The van der Waals surface area contributed by atoms with Gasteiger partial charge in [-0.15, -0.1) is 0 Å². The van der Waals surface area contributed by atoms with Gasteiger partial charge in [-0.1, -0.05) is 28.1 Å². The smallest absolute Gasteiger partial charge is 0.0486 e. The zero-order valence-corrected chi connectivity index (χ0v) is 14.1. The number of nitrogens with one attached hydrogen (secondary N) is 2. The van der Waals surface area contributed by atoms with Gasteiger partial charge in [-0.3, -0.25) is 0 Å². The molecule has 0 atom stereocenters. The van der Waals surface area contributed by atoms with E-state index in [9.17, 15) is 0 Å². The Kier molecular flexibility index (Phi) is 5.33. The first-order valence-electron chi connectivity index (χ1n) is 8.08. The molecule has 2 N–H and O–H groups in total. The molecule has 1 aromatic carbocycles. The molecule has 0 saturated carbocycles. The van der Waals surface area contributed by atoms with Crippen molar-refractivity contribution in [2.45, 2.75) is 31.2 Å². The van der Waals surface area contributed by atoms with Crippen molar-refractivity contribution in [1.29, 1.82) is 0 Å². The van der Waals surface area contributed by atoms with E-state index in [1.165, 1.54) is 31.5 Å². The number of ether oxygens (including phenoxy) is 1. The number of benzene rings is 1. The molecule has 0 amide bonds. The largest absolute Gasteiger partial charge is 0.381 e. The summed E-state index contributed by atoms with van der Waals surface area (Å²) in [5.41, 5.74) is 1.51. The highest BCUT2D eigenvalue weighted by Gasteiger charge is 2.34. The van der Waals surface area contributed by atoms with E-state index in [-0.39, 0.29) is 5.54 Å². The third-order valence-electron chi connectivity index (χ3n) is 4.93. The standard InChI is InChI=1S/C17H25BrN2O/c18-16-3-1-15(2-4-16)17(7-11-21-12-8-17)20-13-14-5-9-19-10-6-14/h1-4,14,19-20H,5-13H2. The van der Waals surface area contributed by atoms with Crippen molar-refractivity contribution < 1.29 is 4.74 Å². The molecule has 0 aliphatic carbocycles. The van der Waals surface area contributed by atoms with Crippen molar-refractivity contribution in [3.63, 3.8) is 0 Å². The Hall–Kier alpha value is -0.420. The summed E-state index contributed by atoms with van der Waals surface area (Å²) < 4.78 is 6.75. The predicted molar refractivity (Wildman–Crippen MR) is 89.5 cm³/mol. The molecule has 1 aromatic rings. The molecule has 0 radical (unpaired) electrons. The minimum absolute atomic E-state index is 0.101. The van der Waals surface area contributed by atoms with Gasteiger partial charge in [0.1, 0.15) is 0 Å². The van der Waals surface area contributed by atoms with Gasteiger partial charge < -0.3 is 15.4 Å². The molecule has 2 fully saturated rings. The molecule has 0 spiro atoms. The third-order valence-corrected chi connectivity index (χ3v) is 5.46. The average molecular weight is 353 g/mol. The van der Waals surface area contributed by atoms with Gasteiger partial charge in [-0.05, 0) is 68.9 Å². The topological polar surface area (TPSA) is 33.3 Å². The van der Waals surface area contributed by atoms with Crippen molar-refractivity contribution >= 4 is 15.9 Å². The molecule has 21 heavy (non-hydrogen) atoms. The number of rotatable bonds is 4. The van der Waals surface area contributed by atoms with Crippen LogP contribution in [0.4, 0.5) is 0 Å². The molecule has 4 heteroatoms. The lowest BCUT2D eigenvalue weighted by molar-refractivity contribution is 0.0342. The van der Waals surface area contributed by atoms with Crippen LogP contribution in [0.3, 0.4) is 0 Å². The maximum Gasteiger partial charge on any atom is 0.0486 e. The van der Waals surface area contributed by atoms with E-state index < -0.39 is 0 Å². The van der Waals surface area contributed by atoms with Crippen LogP contribution in [-0.4, -0.2) is 32.8 Å².